The van der Waals surface area contributed by atoms with Gasteiger partial charge in [-0.3, -0.25) is 9.89 Å². The largest absolute Gasteiger partial charge is 0.369 e. The van der Waals surface area contributed by atoms with Crippen molar-refractivity contribution in [2.24, 2.45) is 0 Å². The highest BCUT2D eigenvalue weighted by Crippen LogP contribution is 2.34. The molecule has 35 heavy (non-hydrogen) atoms. The number of aromatic amines is 1. The SMILES string of the molecule is CCN(c1cc(Cl)cc(C(=O)NCc2c(Cl)cc(C)c3cn[nH]c23)c1C)[C@H]1CC[C@H](N(C)C)CC1. The van der Waals surface area contributed by atoms with E-state index in [9.17, 15) is 4.79 Å². The smallest absolute Gasteiger partial charge is 0.251 e. The van der Waals surface area contributed by atoms with Crippen LogP contribution in [-0.4, -0.2) is 53.7 Å². The lowest BCUT2D eigenvalue weighted by Crippen LogP contribution is -2.42. The molecule has 1 heterocycles. The molecule has 2 N–H and O–H groups in total. The minimum atomic E-state index is -0.164. The summed E-state index contributed by atoms with van der Waals surface area (Å²) in [5.41, 5.74) is 5.31. The summed E-state index contributed by atoms with van der Waals surface area (Å²) >= 11 is 13.1. The molecule has 0 bridgehead atoms. The zero-order valence-corrected chi connectivity index (χ0v) is 22.7. The molecule has 1 aliphatic carbocycles. The molecule has 0 atom stereocenters. The molecule has 0 saturated heterocycles. The quantitative estimate of drug-likeness (QED) is 0.398. The molecule has 1 aliphatic rings. The molecule has 1 amide bonds. The van der Waals surface area contributed by atoms with E-state index in [4.69, 9.17) is 23.2 Å². The molecule has 1 aromatic heterocycles. The number of H-pyrrole nitrogens is 1. The minimum Gasteiger partial charge on any atom is -0.369 e. The molecule has 0 aliphatic heterocycles. The van der Waals surface area contributed by atoms with Crippen LogP contribution in [0.3, 0.4) is 0 Å². The highest BCUT2D eigenvalue weighted by Gasteiger charge is 2.28. The molecular weight excluding hydrogens is 481 g/mol. The van der Waals surface area contributed by atoms with Gasteiger partial charge in [0, 0.05) is 57.4 Å². The van der Waals surface area contributed by atoms with Gasteiger partial charge >= 0.3 is 0 Å². The Hall–Kier alpha value is -2.28. The second-order valence-corrected chi connectivity index (χ2v) is 10.6. The van der Waals surface area contributed by atoms with Crippen LogP contribution in [0.15, 0.2) is 24.4 Å². The molecule has 1 fully saturated rings. The summed E-state index contributed by atoms with van der Waals surface area (Å²) in [7, 11) is 4.32. The number of carbonyl (C=O) groups is 1. The molecule has 0 spiro atoms. The lowest BCUT2D eigenvalue weighted by atomic mass is 9.89. The average molecular weight is 517 g/mol. The van der Waals surface area contributed by atoms with Gasteiger partial charge in [0.2, 0.25) is 0 Å². The lowest BCUT2D eigenvalue weighted by Gasteiger charge is -2.40. The van der Waals surface area contributed by atoms with E-state index >= 15 is 0 Å². The van der Waals surface area contributed by atoms with E-state index in [0.717, 1.165) is 52.7 Å². The first-order chi connectivity index (χ1) is 16.7. The Labute approximate surface area is 218 Å². The zero-order valence-electron chi connectivity index (χ0n) is 21.2. The number of benzene rings is 2. The number of halogens is 2. The van der Waals surface area contributed by atoms with E-state index < -0.39 is 0 Å². The third-order valence-corrected chi connectivity index (χ3v) is 8.06. The summed E-state index contributed by atoms with van der Waals surface area (Å²) in [6, 6.07) is 6.76. The molecule has 188 valence electrons. The van der Waals surface area contributed by atoms with E-state index in [1.54, 1.807) is 12.3 Å². The maximum absolute atomic E-state index is 13.3. The van der Waals surface area contributed by atoms with E-state index in [1.807, 2.05) is 26.0 Å². The zero-order chi connectivity index (χ0) is 25.3. The lowest BCUT2D eigenvalue weighted by molar-refractivity contribution is 0.0950. The van der Waals surface area contributed by atoms with Gasteiger partial charge < -0.3 is 15.1 Å². The first-order valence-electron chi connectivity index (χ1n) is 12.3. The fourth-order valence-corrected chi connectivity index (χ4v) is 5.97. The predicted octanol–water partition coefficient (Wildman–Crippen LogP) is 6.12. The molecule has 2 aromatic carbocycles. The van der Waals surface area contributed by atoms with Crippen LogP contribution in [0.5, 0.6) is 0 Å². The van der Waals surface area contributed by atoms with Crippen LogP contribution >= 0.6 is 23.2 Å². The van der Waals surface area contributed by atoms with Crippen molar-refractivity contribution in [2.75, 3.05) is 25.5 Å². The summed E-state index contributed by atoms with van der Waals surface area (Å²) < 4.78 is 0. The number of aromatic nitrogens is 2. The number of rotatable bonds is 7. The van der Waals surface area contributed by atoms with Crippen molar-refractivity contribution in [1.82, 2.24) is 20.4 Å². The van der Waals surface area contributed by atoms with Crippen molar-refractivity contribution >= 4 is 45.7 Å². The van der Waals surface area contributed by atoms with Gasteiger partial charge in [0.05, 0.1) is 11.7 Å². The van der Waals surface area contributed by atoms with Crippen molar-refractivity contribution in [3.8, 4) is 0 Å². The van der Waals surface area contributed by atoms with Crippen LogP contribution in [0.2, 0.25) is 10.0 Å². The van der Waals surface area contributed by atoms with Crippen LogP contribution in [0.1, 0.15) is 59.7 Å². The van der Waals surface area contributed by atoms with E-state index in [2.05, 4.69) is 46.3 Å². The van der Waals surface area contributed by atoms with Crippen molar-refractivity contribution in [2.45, 2.75) is 65.1 Å². The molecule has 0 unspecified atom stereocenters. The van der Waals surface area contributed by atoms with Gasteiger partial charge in [-0.05, 0) is 89.9 Å². The standard InChI is InChI=1S/C27H35Cl2N5O/c1-6-34(20-9-7-19(8-10-20)33(4)5)25-13-18(28)12-21(17(25)3)27(35)30-14-23-24(29)11-16(2)22-15-31-32-26(22)23/h11-13,15,19-20H,6-10,14H2,1-5H3,(H,30,35)(H,31,32)/t19-,20-. The Morgan fingerprint density at radius 3 is 2.46 bits per heavy atom. The van der Waals surface area contributed by atoms with E-state index in [0.29, 0.717) is 34.2 Å². The van der Waals surface area contributed by atoms with Gasteiger partial charge in [0.25, 0.3) is 5.91 Å². The molecule has 8 heteroatoms. The Bertz CT molecular complexity index is 1210. The van der Waals surface area contributed by atoms with Crippen molar-refractivity contribution in [3.05, 3.63) is 56.7 Å². The van der Waals surface area contributed by atoms with Gasteiger partial charge in [-0.2, -0.15) is 5.10 Å². The summed E-state index contributed by atoms with van der Waals surface area (Å²) in [5.74, 6) is -0.164. The first kappa shape index (κ1) is 25.8. The third kappa shape index (κ3) is 5.30. The summed E-state index contributed by atoms with van der Waals surface area (Å²) in [5, 5.41) is 12.4. The average Bonchev–Trinajstić information content (AvgIpc) is 3.32. The molecular formula is C27H35Cl2N5O. The summed E-state index contributed by atoms with van der Waals surface area (Å²) in [4.78, 5) is 18.1. The Kier molecular flexibility index (Phi) is 7.94. The number of anilines is 1. The number of nitrogens with zero attached hydrogens (tertiary/aromatic N) is 3. The number of nitrogens with one attached hydrogen (secondary N) is 2. The maximum Gasteiger partial charge on any atom is 0.251 e. The van der Waals surface area contributed by atoms with Gasteiger partial charge in [0.1, 0.15) is 0 Å². The van der Waals surface area contributed by atoms with Crippen molar-refractivity contribution in [1.29, 1.82) is 0 Å². The number of hydrogen-bond donors (Lipinski definition) is 2. The monoisotopic (exact) mass is 515 g/mol. The van der Waals surface area contributed by atoms with Gasteiger partial charge in [-0.1, -0.05) is 23.2 Å². The second kappa shape index (κ2) is 10.8. The fourth-order valence-electron chi connectivity index (χ4n) is 5.44. The second-order valence-electron chi connectivity index (χ2n) is 9.80. The minimum absolute atomic E-state index is 0.164. The molecule has 3 aromatic rings. The third-order valence-electron chi connectivity index (χ3n) is 7.50. The van der Waals surface area contributed by atoms with Crippen LogP contribution in [0.25, 0.3) is 10.9 Å². The highest BCUT2D eigenvalue weighted by molar-refractivity contribution is 6.32. The number of hydrogen-bond acceptors (Lipinski definition) is 4. The van der Waals surface area contributed by atoms with Crippen molar-refractivity contribution < 1.29 is 4.79 Å². The van der Waals surface area contributed by atoms with Crippen LogP contribution in [0.4, 0.5) is 5.69 Å². The topological polar surface area (TPSA) is 64.3 Å². The number of aryl methyl sites for hydroxylation is 1. The van der Waals surface area contributed by atoms with Crippen molar-refractivity contribution in [3.63, 3.8) is 0 Å². The van der Waals surface area contributed by atoms with Gasteiger partial charge in [0.15, 0.2) is 0 Å². The van der Waals surface area contributed by atoms with Crippen LogP contribution in [-0.2, 0) is 6.54 Å². The van der Waals surface area contributed by atoms with Crippen LogP contribution in [0, 0.1) is 13.8 Å². The predicted molar refractivity (Wildman–Crippen MR) is 146 cm³/mol. The van der Waals surface area contributed by atoms with E-state index in [-0.39, 0.29) is 5.91 Å². The molecule has 0 radical (unpaired) electrons. The van der Waals surface area contributed by atoms with Gasteiger partial charge in [-0.15, -0.1) is 0 Å². The van der Waals surface area contributed by atoms with Crippen LogP contribution < -0.4 is 10.2 Å². The molecule has 6 nitrogen and oxygen atoms in total. The number of carbonyl (C=O) groups excluding carboxylic acids is 1. The Balaban J connectivity index is 1.56. The molecule has 1 saturated carbocycles. The summed E-state index contributed by atoms with van der Waals surface area (Å²) in [6.07, 6.45) is 6.42. The van der Waals surface area contributed by atoms with Gasteiger partial charge in [-0.25, -0.2) is 0 Å². The maximum atomic E-state index is 13.3. The fraction of sp³-hybridized carbons (Fsp3) is 0.481. The highest BCUT2D eigenvalue weighted by atomic mass is 35.5. The number of amides is 1. The van der Waals surface area contributed by atoms with E-state index in [1.165, 1.54) is 12.8 Å². The normalized spacial score (nSPS) is 18.3. The number of fused-ring (bicyclic) bond motifs is 1. The Morgan fingerprint density at radius 2 is 1.80 bits per heavy atom. The Morgan fingerprint density at radius 1 is 1.11 bits per heavy atom. The summed E-state index contributed by atoms with van der Waals surface area (Å²) in [6.45, 7) is 7.35. The first-order valence-corrected chi connectivity index (χ1v) is 13.1. The molecule has 4 rings (SSSR count).